The molecule has 0 aromatic heterocycles. The highest BCUT2D eigenvalue weighted by Gasteiger charge is 2.32. The van der Waals surface area contributed by atoms with E-state index in [0.717, 1.165) is 11.1 Å². The average Bonchev–Trinajstić information content (AvgIpc) is 3.26. The van der Waals surface area contributed by atoms with Crippen molar-refractivity contribution in [2.24, 2.45) is 5.92 Å². The topological polar surface area (TPSA) is 35.5 Å². The van der Waals surface area contributed by atoms with Gasteiger partial charge in [0.2, 0.25) is 0 Å². The second-order valence-electron chi connectivity index (χ2n) is 7.71. The molecule has 2 fully saturated rings. The minimum Gasteiger partial charge on any atom is -0.492 e. The van der Waals surface area contributed by atoms with Crippen LogP contribution in [0.2, 0.25) is 0 Å². The molecule has 1 aliphatic carbocycles. The van der Waals surface area contributed by atoms with Crippen molar-refractivity contribution >= 4 is 27.6 Å². The Morgan fingerprint density at radius 2 is 1.74 bits per heavy atom. The lowest BCUT2D eigenvalue weighted by atomic mass is 9.90. The summed E-state index contributed by atoms with van der Waals surface area (Å²) in [7, 11) is 1.68. The number of hydrogen-bond acceptors (Lipinski definition) is 3. The van der Waals surface area contributed by atoms with E-state index in [2.05, 4.69) is 24.3 Å². The van der Waals surface area contributed by atoms with Crippen LogP contribution in [0.4, 0.5) is 0 Å². The molecule has 2 aliphatic rings. The zero-order valence-electron chi connectivity index (χ0n) is 16.2. The van der Waals surface area contributed by atoms with Crippen molar-refractivity contribution in [3.05, 3.63) is 35.9 Å². The monoisotopic (exact) mass is 385 g/mol. The van der Waals surface area contributed by atoms with E-state index in [1.54, 1.807) is 0 Å². The molecule has 0 amide bonds. The van der Waals surface area contributed by atoms with Gasteiger partial charge in [-0.3, -0.25) is 0 Å². The van der Waals surface area contributed by atoms with Gasteiger partial charge in [0.25, 0.3) is 0 Å². The predicted molar refractivity (Wildman–Crippen MR) is 112 cm³/mol. The molecular formula is C23H29O3S+. The van der Waals surface area contributed by atoms with Gasteiger partial charge in [-0.15, -0.1) is 0 Å². The van der Waals surface area contributed by atoms with Crippen LogP contribution < -0.4 is 4.74 Å². The Kier molecular flexibility index (Phi) is 5.92. The third kappa shape index (κ3) is 3.96. The quantitative estimate of drug-likeness (QED) is 0.514. The SMILES string of the molecule is COC(=O)c1cc([S+]2CCCC2)c2ccccc2c1OCC1CCCCC1. The minimum absolute atomic E-state index is 0.226. The molecule has 2 aromatic carbocycles. The summed E-state index contributed by atoms with van der Waals surface area (Å²) in [5.74, 6) is 3.48. The van der Waals surface area contributed by atoms with Gasteiger partial charge in [0.05, 0.1) is 13.7 Å². The molecule has 1 heterocycles. The zero-order chi connectivity index (χ0) is 18.6. The van der Waals surface area contributed by atoms with E-state index in [4.69, 9.17) is 9.47 Å². The van der Waals surface area contributed by atoms with Crippen LogP contribution in [-0.4, -0.2) is 31.2 Å². The predicted octanol–water partition coefficient (Wildman–Crippen LogP) is 5.36. The molecule has 4 rings (SSSR count). The van der Waals surface area contributed by atoms with Gasteiger partial charge in [0.15, 0.2) is 4.90 Å². The van der Waals surface area contributed by atoms with E-state index in [1.165, 1.54) is 73.8 Å². The Balaban J connectivity index is 1.75. The summed E-state index contributed by atoms with van der Waals surface area (Å²) in [6, 6.07) is 10.5. The average molecular weight is 386 g/mol. The van der Waals surface area contributed by atoms with Crippen LogP contribution in [0.3, 0.4) is 0 Å². The molecule has 1 saturated carbocycles. The van der Waals surface area contributed by atoms with Crippen LogP contribution in [0.25, 0.3) is 10.8 Å². The molecule has 0 atom stereocenters. The van der Waals surface area contributed by atoms with Gasteiger partial charge in [0.1, 0.15) is 22.8 Å². The summed E-state index contributed by atoms with van der Waals surface area (Å²) in [5.41, 5.74) is 0.599. The maximum absolute atomic E-state index is 12.6. The third-order valence-corrected chi connectivity index (χ3v) is 8.42. The fourth-order valence-corrected chi connectivity index (χ4v) is 6.92. The minimum atomic E-state index is -0.288. The lowest BCUT2D eigenvalue weighted by Crippen LogP contribution is -2.17. The maximum Gasteiger partial charge on any atom is 0.341 e. The highest BCUT2D eigenvalue weighted by atomic mass is 32.2. The second-order valence-corrected chi connectivity index (χ2v) is 9.95. The molecule has 0 unspecified atom stereocenters. The van der Waals surface area contributed by atoms with Gasteiger partial charge in [-0.05, 0) is 37.7 Å². The Morgan fingerprint density at radius 1 is 1.04 bits per heavy atom. The van der Waals surface area contributed by atoms with Crippen molar-refractivity contribution < 1.29 is 14.3 Å². The van der Waals surface area contributed by atoms with Crippen LogP contribution >= 0.6 is 0 Å². The molecule has 0 radical (unpaired) electrons. The Bertz CT molecular complexity index is 805. The first-order valence-corrected chi connectivity index (χ1v) is 11.8. The lowest BCUT2D eigenvalue weighted by Gasteiger charge is -2.23. The molecule has 0 N–H and O–H groups in total. The molecule has 4 heteroatoms. The maximum atomic E-state index is 12.6. The normalized spacial score (nSPS) is 18.7. The van der Waals surface area contributed by atoms with Crippen molar-refractivity contribution in [3.63, 3.8) is 0 Å². The van der Waals surface area contributed by atoms with E-state index < -0.39 is 0 Å². The molecular weight excluding hydrogens is 356 g/mol. The molecule has 0 bridgehead atoms. The van der Waals surface area contributed by atoms with Crippen molar-refractivity contribution in [1.29, 1.82) is 0 Å². The van der Waals surface area contributed by atoms with Gasteiger partial charge >= 0.3 is 5.97 Å². The highest BCUT2D eigenvalue weighted by Crippen LogP contribution is 2.38. The number of hydrogen-bond donors (Lipinski definition) is 0. The van der Waals surface area contributed by atoms with Crippen molar-refractivity contribution in [2.45, 2.75) is 49.8 Å². The first kappa shape index (κ1) is 18.7. The van der Waals surface area contributed by atoms with Crippen LogP contribution in [0.1, 0.15) is 55.3 Å². The van der Waals surface area contributed by atoms with Crippen LogP contribution in [0.15, 0.2) is 35.2 Å². The summed E-state index contributed by atoms with van der Waals surface area (Å²) in [4.78, 5) is 13.9. The van der Waals surface area contributed by atoms with E-state index in [9.17, 15) is 4.79 Å². The van der Waals surface area contributed by atoms with E-state index in [-0.39, 0.29) is 16.9 Å². The number of esters is 1. The highest BCUT2D eigenvalue weighted by molar-refractivity contribution is 7.97. The van der Waals surface area contributed by atoms with Gasteiger partial charge in [-0.25, -0.2) is 4.79 Å². The van der Waals surface area contributed by atoms with Crippen molar-refractivity contribution in [3.8, 4) is 5.75 Å². The Morgan fingerprint density at radius 3 is 2.44 bits per heavy atom. The number of carbonyl (C=O) groups is 1. The number of carbonyl (C=O) groups excluding carboxylic acids is 1. The van der Waals surface area contributed by atoms with Crippen LogP contribution in [0, 0.1) is 5.92 Å². The fourth-order valence-electron chi connectivity index (χ4n) is 4.40. The summed E-state index contributed by atoms with van der Waals surface area (Å²) in [6.07, 6.45) is 8.94. The summed E-state index contributed by atoms with van der Waals surface area (Å²) in [6.45, 7) is 0.694. The summed E-state index contributed by atoms with van der Waals surface area (Å²) < 4.78 is 11.5. The largest absolute Gasteiger partial charge is 0.492 e. The Labute approximate surface area is 164 Å². The second kappa shape index (κ2) is 8.55. The molecule has 1 saturated heterocycles. The molecule has 3 nitrogen and oxygen atoms in total. The van der Waals surface area contributed by atoms with Crippen LogP contribution in [-0.2, 0) is 15.6 Å². The van der Waals surface area contributed by atoms with E-state index in [0.29, 0.717) is 18.1 Å². The lowest BCUT2D eigenvalue weighted by molar-refractivity contribution is 0.0594. The zero-order valence-corrected chi connectivity index (χ0v) is 17.0. The smallest absolute Gasteiger partial charge is 0.341 e. The Hall–Kier alpha value is -1.68. The van der Waals surface area contributed by atoms with Crippen molar-refractivity contribution in [2.75, 3.05) is 25.2 Å². The molecule has 2 aromatic rings. The van der Waals surface area contributed by atoms with Gasteiger partial charge in [0, 0.05) is 27.7 Å². The molecule has 27 heavy (non-hydrogen) atoms. The number of fused-ring (bicyclic) bond motifs is 1. The number of rotatable bonds is 5. The first-order chi connectivity index (χ1) is 13.3. The fraction of sp³-hybridized carbons (Fsp3) is 0.522. The molecule has 144 valence electrons. The van der Waals surface area contributed by atoms with Crippen LogP contribution in [0.5, 0.6) is 5.75 Å². The first-order valence-electron chi connectivity index (χ1n) is 10.2. The van der Waals surface area contributed by atoms with Gasteiger partial charge in [-0.2, -0.15) is 0 Å². The van der Waals surface area contributed by atoms with E-state index in [1.807, 2.05) is 6.07 Å². The standard InChI is InChI=1S/C23H29O3S/c1-25-23(24)20-15-21(27-13-7-8-14-27)18-11-5-6-12-19(18)22(20)26-16-17-9-3-2-4-10-17/h5-6,11-12,15,17H,2-4,7-10,13-14,16H2,1H3/q+1. The summed E-state index contributed by atoms with van der Waals surface area (Å²) in [5, 5.41) is 2.31. The summed E-state index contributed by atoms with van der Waals surface area (Å²) >= 11 is 0. The number of benzene rings is 2. The van der Waals surface area contributed by atoms with Gasteiger partial charge in [-0.1, -0.05) is 37.5 Å². The van der Waals surface area contributed by atoms with Crippen molar-refractivity contribution in [1.82, 2.24) is 0 Å². The molecule has 1 aliphatic heterocycles. The third-order valence-electron chi connectivity index (χ3n) is 5.89. The van der Waals surface area contributed by atoms with Gasteiger partial charge < -0.3 is 9.47 Å². The number of ether oxygens (including phenoxy) is 2. The molecule has 0 spiro atoms. The van der Waals surface area contributed by atoms with E-state index >= 15 is 0 Å². The number of methoxy groups -OCH3 is 1.